The molecule has 4 atom stereocenters. The quantitative estimate of drug-likeness (QED) is 0.430. The van der Waals surface area contributed by atoms with E-state index in [1.54, 1.807) is 18.1 Å². The zero-order chi connectivity index (χ0) is 20.2. The number of nitrogens with zero attached hydrogens (tertiary/aromatic N) is 4. The molecule has 0 saturated carbocycles. The van der Waals surface area contributed by atoms with Crippen molar-refractivity contribution in [3.63, 3.8) is 0 Å². The minimum absolute atomic E-state index is 0.192. The largest absolute Gasteiger partial charge is 0.348 e. The standard InChI is InChI=1S/C19H18Cl2N4O3S/c1-19(2)27-14-11(7-29-12-6-4-3-5-10(12)20)26-18(15(14)28-19)25-9-24-13-16(21)22-8-23-17(13)25/h3-6,8-9,11,14-15,18H,7H2,1-2H3/t11-,14-,15-,18-/m1/s1. The first-order valence-electron chi connectivity index (χ1n) is 9.14. The molecule has 2 aliphatic heterocycles. The molecule has 0 amide bonds. The minimum Gasteiger partial charge on any atom is -0.348 e. The molecular weight excluding hydrogens is 435 g/mol. The number of hydrogen-bond acceptors (Lipinski definition) is 7. The third kappa shape index (κ3) is 3.52. The summed E-state index contributed by atoms with van der Waals surface area (Å²) in [4.78, 5) is 13.7. The molecule has 5 rings (SSSR count). The Morgan fingerprint density at radius 1 is 1.10 bits per heavy atom. The second kappa shape index (κ2) is 7.37. The average molecular weight is 453 g/mol. The Morgan fingerprint density at radius 3 is 2.72 bits per heavy atom. The topological polar surface area (TPSA) is 71.3 Å². The molecule has 0 spiro atoms. The SMILES string of the molecule is CC1(C)O[C@@H]2[C@H](O1)[C@@H](CSc1ccccc1Cl)O[C@H]2n1cnc2c(Cl)ncnc21. The zero-order valence-electron chi connectivity index (χ0n) is 15.7. The van der Waals surface area contributed by atoms with E-state index in [9.17, 15) is 0 Å². The van der Waals surface area contributed by atoms with Crippen LogP contribution in [0.3, 0.4) is 0 Å². The summed E-state index contributed by atoms with van der Waals surface area (Å²) in [6, 6.07) is 7.76. The predicted molar refractivity (Wildman–Crippen MR) is 110 cm³/mol. The Morgan fingerprint density at radius 2 is 1.90 bits per heavy atom. The van der Waals surface area contributed by atoms with Gasteiger partial charge < -0.3 is 14.2 Å². The predicted octanol–water partition coefficient (Wildman–Crippen LogP) is 4.34. The molecule has 0 bridgehead atoms. The van der Waals surface area contributed by atoms with Gasteiger partial charge in [-0.3, -0.25) is 4.57 Å². The van der Waals surface area contributed by atoms with Crippen LogP contribution in [0.15, 0.2) is 41.8 Å². The third-order valence-corrected chi connectivity index (χ3v) is 6.83. The van der Waals surface area contributed by atoms with Crippen molar-refractivity contribution in [1.82, 2.24) is 19.5 Å². The minimum atomic E-state index is -0.701. The summed E-state index contributed by atoms with van der Waals surface area (Å²) in [6.07, 6.45) is 1.92. The number of aromatic nitrogens is 4. The Labute approximate surface area is 181 Å². The van der Waals surface area contributed by atoms with E-state index in [2.05, 4.69) is 15.0 Å². The van der Waals surface area contributed by atoms with Crippen molar-refractivity contribution in [1.29, 1.82) is 0 Å². The fourth-order valence-electron chi connectivity index (χ4n) is 3.76. The lowest BCUT2D eigenvalue weighted by molar-refractivity contribution is -0.193. The van der Waals surface area contributed by atoms with Gasteiger partial charge in [0.2, 0.25) is 0 Å². The summed E-state index contributed by atoms with van der Waals surface area (Å²) in [5.41, 5.74) is 1.13. The summed E-state index contributed by atoms with van der Waals surface area (Å²) >= 11 is 14.1. The van der Waals surface area contributed by atoms with E-state index in [-0.39, 0.29) is 18.3 Å². The maximum absolute atomic E-state index is 6.38. The molecule has 4 heterocycles. The zero-order valence-corrected chi connectivity index (χ0v) is 18.0. The van der Waals surface area contributed by atoms with Gasteiger partial charge in [-0.2, -0.15) is 0 Å². The van der Waals surface area contributed by atoms with Gasteiger partial charge in [0.15, 0.2) is 22.8 Å². The first kappa shape index (κ1) is 19.5. The highest BCUT2D eigenvalue weighted by Gasteiger charge is 2.56. The normalized spacial score (nSPS) is 28.1. The van der Waals surface area contributed by atoms with Gasteiger partial charge in [-0.1, -0.05) is 35.3 Å². The fraction of sp³-hybridized carbons (Fsp3) is 0.421. The highest BCUT2D eigenvalue weighted by Crippen LogP contribution is 2.45. The van der Waals surface area contributed by atoms with Crippen LogP contribution in [0, 0.1) is 0 Å². The lowest BCUT2D eigenvalue weighted by Gasteiger charge is -2.24. The molecule has 0 radical (unpaired) electrons. The van der Waals surface area contributed by atoms with Crippen molar-refractivity contribution < 1.29 is 14.2 Å². The summed E-state index contributed by atoms with van der Waals surface area (Å²) in [7, 11) is 0. The van der Waals surface area contributed by atoms with Crippen LogP contribution in [0.2, 0.25) is 10.2 Å². The number of thioether (sulfide) groups is 1. The molecule has 0 aliphatic carbocycles. The van der Waals surface area contributed by atoms with Crippen molar-refractivity contribution in [2.24, 2.45) is 0 Å². The number of benzene rings is 1. The van der Waals surface area contributed by atoms with Crippen LogP contribution in [-0.4, -0.2) is 49.4 Å². The first-order chi connectivity index (χ1) is 13.9. The Kier molecular flexibility index (Phi) is 4.97. The van der Waals surface area contributed by atoms with E-state index in [4.69, 9.17) is 37.4 Å². The average Bonchev–Trinajstić information content (AvgIpc) is 3.33. The Bertz CT molecular complexity index is 1060. The van der Waals surface area contributed by atoms with E-state index in [1.165, 1.54) is 6.33 Å². The van der Waals surface area contributed by atoms with Crippen molar-refractivity contribution >= 4 is 46.1 Å². The maximum Gasteiger partial charge on any atom is 0.167 e. The first-order valence-corrected chi connectivity index (χ1v) is 10.9. The molecule has 29 heavy (non-hydrogen) atoms. The number of halogens is 2. The molecule has 0 unspecified atom stereocenters. The molecule has 2 aromatic heterocycles. The van der Waals surface area contributed by atoms with E-state index in [0.717, 1.165) is 9.92 Å². The van der Waals surface area contributed by atoms with Crippen LogP contribution < -0.4 is 0 Å². The van der Waals surface area contributed by atoms with Crippen LogP contribution in [0.1, 0.15) is 20.1 Å². The van der Waals surface area contributed by atoms with Crippen LogP contribution >= 0.6 is 35.0 Å². The second-order valence-corrected chi connectivity index (χ2v) is 9.19. The summed E-state index contributed by atoms with van der Waals surface area (Å²) < 4.78 is 20.6. The number of imidazole rings is 1. The summed E-state index contributed by atoms with van der Waals surface area (Å²) in [6.45, 7) is 3.82. The molecule has 10 heteroatoms. The lowest BCUT2D eigenvalue weighted by Crippen LogP contribution is -2.31. The van der Waals surface area contributed by atoms with Gasteiger partial charge in [-0.25, -0.2) is 15.0 Å². The van der Waals surface area contributed by atoms with E-state index in [0.29, 0.717) is 22.1 Å². The van der Waals surface area contributed by atoms with Crippen LogP contribution in [-0.2, 0) is 14.2 Å². The summed E-state index contributed by atoms with van der Waals surface area (Å²) in [5, 5.41) is 1.03. The molecule has 2 saturated heterocycles. The second-order valence-electron chi connectivity index (χ2n) is 7.36. The molecule has 1 aromatic carbocycles. The van der Waals surface area contributed by atoms with Crippen molar-refractivity contribution in [2.75, 3.05) is 5.75 Å². The molecule has 2 aliphatic rings. The highest BCUT2D eigenvalue weighted by molar-refractivity contribution is 7.99. The third-order valence-electron chi connectivity index (χ3n) is 4.95. The number of ether oxygens (including phenoxy) is 3. The van der Waals surface area contributed by atoms with Gasteiger partial charge in [0.1, 0.15) is 24.1 Å². The van der Waals surface area contributed by atoms with Gasteiger partial charge in [-0.05, 0) is 26.0 Å². The van der Waals surface area contributed by atoms with Crippen LogP contribution in [0.4, 0.5) is 0 Å². The molecule has 0 N–H and O–H groups in total. The lowest BCUT2D eigenvalue weighted by atomic mass is 10.1. The van der Waals surface area contributed by atoms with Crippen molar-refractivity contribution in [2.45, 2.75) is 49.1 Å². The molecule has 3 aromatic rings. The number of rotatable bonds is 4. The van der Waals surface area contributed by atoms with Gasteiger partial charge >= 0.3 is 0 Å². The Balaban J connectivity index is 1.44. The number of hydrogen-bond donors (Lipinski definition) is 0. The molecule has 152 valence electrons. The van der Waals surface area contributed by atoms with Crippen LogP contribution in [0.5, 0.6) is 0 Å². The Hall–Kier alpha value is -1.42. The van der Waals surface area contributed by atoms with E-state index >= 15 is 0 Å². The van der Waals surface area contributed by atoms with Gasteiger partial charge in [0, 0.05) is 10.6 Å². The van der Waals surface area contributed by atoms with Crippen molar-refractivity contribution in [3.05, 3.63) is 47.1 Å². The molecular formula is C19H18Cl2N4O3S. The molecule has 2 fully saturated rings. The van der Waals surface area contributed by atoms with Gasteiger partial charge in [0.05, 0.1) is 17.5 Å². The highest BCUT2D eigenvalue weighted by atomic mass is 35.5. The number of fused-ring (bicyclic) bond motifs is 2. The smallest absolute Gasteiger partial charge is 0.167 e. The van der Waals surface area contributed by atoms with Gasteiger partial charge in [0.25, 0.3) is 0 Å². The fourth-order valence-corrected chi connectivity index (χ4v) is 5.23. The van der Waals surface area contributed by atoms with Crippen LogP contribution in [0.25, 0.3) is 11.2 Å². The summed E-state index contributed by atoms with van der Waals surface area (Å²) in [5.74, 6) is -0.0309. The van der Waals surface area contributed by atoms with E-state index < -0.39 is 12.0 Å². The van der Waals surface area contributed by atoms with Gasteiger partial charge in [-0.15, -0.1) is 11.8 Å². The van der Waals surface area contributed by atoms with E-state index in [1.807, 2.05) is 42.7 Å². The molecule has 7 nitrogen and oxygen atoms in total. The van der Waals surface area contributed by atoms with Crippen molar-refractivity contribution in [3.8, 4) is 0 Å². The monoisotopic (exact) mass is 452 g/mol. The maximum atomic E-state index is 6.38.